The molecule has 10 N–H and O–H groups in total. The first-order valence-electron chi connectivity index (χ1n) is 18.2. The highest BCUT2D eigenvalue weighted by molar-refractivity contribution is 6.43. The smallest absolute Gasteiger partial charge is 0.427 e. The molecule has 0 spiro atoms. The van der Waals surface area contributed by atoms with Crippen LogP contribution in [0.25, 0.3) is 11.1 Å². The molecule has 0 bridgehead atoms. The third kappa shape index (κ3) is 14.8. The number of carbonyl (C=O) groups excluding carboxylic acids is 5. The van der Waals surface area contributed by atoms with Gasteiger partial charge in [0.15, 0.2) is 17.3 Å². The van der Waals surface area contributed by atoms with Gasteiger partial charge in [0, 0.05) is 37.3 Å². The molecule has 0 aliphatic rings. The highest BCUT2D eigenvalue weighted by Crippen LogP contribution is 2.22. The van der Waals surface area contributed by atoms with Crippen molar-refractivity contribution in [3.8, 4) is 11.1 Å². The minimum Gasteiger partial charge on any atom is -0.427 e. The molecule has 0 fully saturated rings. The van der Waals surface area contributed by atoms with E-state index in [0.29, 0.717) is 31.4 Å². The maximum absolute atomic E-state index is 13.3. The van der Waals surface area contributed by atoms with Crippen LogP contribution in [0.15, 0.2) is 48.5 Å². The number of benzene rings is 2. The lowest BCUT2D eigenvalue weighted by atomic mass is 9.71. The van der Waals surface area contributed by atoms with Crippen LogP contribution in [0.3, 0.4) is 0 Å². The van der Waals surface area contributed by atoms with Crippen LogP contribution >= 0.6 is 0 Å². The van der Waals surface area contributed by atoms with Gasteiger partial charge in [-0.2, -0.15) is 0 Å². The lowest BCUT2D eigenvalue weighted by molar-refractivity contribution is -0.133. The summed E-state index contributed by atoms with van der Waals surface area (Å²) >= 11 is 0. The second-order valence-electron chi connectivity index (χ2n) is 13.6. The number of hydrogen-bond acceptors (Lipinski definition) is 10. The Hall–Kier alpha value is -3.75. The first-order chi connectivity index (χ1) is 24.3. The first-order valence-corrected chi connectivity index (χ1v) is 18.2. The van der Waals surface area contributed by atoms with Crippen molar-refractivity contribution in [2.75, 3.05) is 19.6 Å². The van der Waals surface area contributed by atoms with E-state index in [1.165, 1.54) is 12.5 Å². The van der Waals surface area contributed by atoms with E-state index in [-0.39, 0.29) is 50.3 Å². The molecule has 51 heavy (non-hydrogen) atoms. The molecule has 0 unspecified atom stereocenters. The van der Waals surface area contributed by atoms with Crippen molar-refractivity contribution in [1.82, 2.24) is 10.6 Å². The van der Waals surface area contributed by atoms with Gasteiger partial charge in [-0.3, -0.25) is 24.0 Å². The number of Topliss-reactive ketones (excluding diaryl/α,β-unsaturated/α-hetero) is 3. The van der Waals surface area contributed by atoms with Gasteiger partial charge in [0.2, 0.25) is 11.8 Å². The lowest BCUT2D eigenvalue weighted by Gasteiger charge is -2.24. The fraction of sp³-hybridized carbons (Fsp3) is 0.553. The molecule has 2 amide bonds. The first kappa shape index (κ1) is 43.4. The summed E-state index contributed by atoms with van der Waals surface area (Å²) in [5, 5.41) is 24.2. The molecule has 5 atom stereocenters. The van der Waals surface area contributed by atoms with E-state index in [1.54, 1.807) is 19.1 Å². The second kappa shape index (κ2) is 22.9. The third-order valence-corrected chi connectivity index (χ3v) is 9.20. The van der Waals surface area contributed by atoms with Crippen molar-refractivity contribution < 1.29 is 34.0 Å². The highest BCUT2D eigenvalue weighted by atomic mass is 16.4. The van der Waals surface area contributed by atoms with E-state index in [4.69, 9.17) is 17.2 Å². The molecule has 0 aromatic heterocycles. The maximum atomic E-state index is 13.3. The average molecular weight is 708 g/mol. The molecule has 0 radical (unpaired) electrons. The van der Waals surface area contributed by atoms with Crippen LogP contribution < -0.4 is 27.8 Å². The van der Waals surface area contributed by atoms with E-state index < -0.39 is 54.5 Å². The number of carbonyl (C=O) groups is 5. The van der Waals surface area contributed by atoms with Crippen LogP contribution in [-0.2, 0) is 25.6 Å². The summed E-state index contributed by atoms with van der Waals surface area (Å²) in [4.78, 5) is 65.7. The van der Waals surface area contributed by atoms with Gasteiger partial charge in [-0.05, 0) is 74.1 Å². The minimum atomic E-state index is -1.67. The summed E-state index contributed by atoms with van der Waals surface area (Å²) < 4.78 is 0. The van der Waals surface area contributed by atoms with Gasteiger partial charge in [0.1, 0.15) is 0 Å². The molecule has 13 heteroatoms. The molecular formula is C38H58BN5O7. The minimum absolute atomic E-state index is 0.0872. The van der Waals surface area contributed by atoms with Gasteiger partial charge in [0.25, 0.3) is 0 Å². The normalized spacial score (nSPS) is 14.1. The lowest BCUT2D eigenvalue weighted by Crippen LogP contribution is -2.48. The topological polar surface area (TPSA) is 228 Å². The largest absolute Gasteiger partial charge is 0.454 e. The van der Waals surface area contributed by atoms with Gasteiger partial charge in [-0.25, -0.2) is 0 Å². The Morgan fingerprint density at radius 1 is 0.706 bits per heavy atom. The van der Waals surface area contributed by atoms with E-state index in [9.17, 15) is 34.0 Å². The molecule has 2 aromatic carbocycles. The summed E-state index contributed by atoms with van der Waals surface area (Å²) in [6, 6.07) is 13.7. The molecule has 2 aromatic rings. The molecule has 2 rings (SSSR count). The van der Waals surface area contributed by atoms with Crippen molar-refractivity contribution in [3.05, 3.63) is 59.7 Å². The Labute approximate surface area is 302 Å². The molecule has 12 nitrogen and oxygen atoms in total. The van der Waals surface area contributed by atoms with Crippen LogP contribution in [0.1, 0.15) is 94.5 Å². The summed E-state index contributed by atoms with van der Waals surface area (Å²) in [7, 11) is -1.67. The summed E-state index contributed by atoms with van der Waals surface area (Å²) in [6.45, 7) is 5.62. The van der Waals surface area contributed by atoms with Crippen molar-refractivity contribution in [2.45, 2.75) is 103 Å². The standard InChI is InChI=1S/C38H58BN5O7/c1-4-5-8-27-10-12-28(13-11-27)29-14-16-30(17-15-29)34(45)23-31(24-42)38(49)44-33(18-20-41)35(46)21-25(2)37(48)43-32(9-6-7-19-40)36(47)22-26(3)39(50)51/h10-17,25-26,31-33,50-51H,4-9,18-24,40-42H2,1-3H3,(H,43,48)(H,44,49)/t25-,26-,31+,32+,33+/m1/s1. The third-order valence-electron chi connectivity index (χ3n) is 9.20. The molecule has 0 aliphatic heterocycles. The van der Waals surface area contributed by atoms with E-state index >= 15 is 0 Å². The Balaban J connectivity index is 2.01. The number of nitrogens with two attached hydrogens (primary N) is 3. The summed E-state index contributed by atoms with van der Waals surface area (Å²) in [6.07, 6.45) is 4.44. The molecule has 0 aliphatic carbocycles. The van der Waals surface area contributed by atoms with Gasteiger partial charge in [0.05, 0.1) is 18.0 Å². The van der Waals surface area contributed by atoms with Crippen molar-refractivity contribution in [3.63, 3.8) is 0 Å². The molecular weight excluding hydrogens is 649 g/mol. The van der Waals surface area contributed by atoms with Gasteiger partial charge in [-0.1, -0.05) is 75.7 Å². The number of unbranched alkanes of at least 4 members (excludes halogenated alkanes) is 2. The van der Waals surface area contributed by atoms with E-state index in [2.05, 4.69) is 41.8 Å². The molecule has 0 saturated carbocycles. The predicted octanol–water partition coefficient (Wildman–Crippen LogP) is 2.71. The number of aryl methyl sites for hydroxylation is 1. The molecule has 0 heterocycles. The van der Waals surface area contributed by atoms with Gasteiger partial charge in [-0.15, -0.1) is 0 Å². The number of rotatable bonds is 25. The van der Waals surface area contributed by atoms with Crippen molar-refractivity contribution in [2.24, 2.45) is 29.0 Å². The van der Waals surface area contributed by atoms with Crippen molar-refractivity contribution >= 4 is 36.3 Å². The fourth-order valence-corrected chi connectivity index (χ4v) is 5.71. The van der Waals surface area contributed by atoms with Crippen LogP contribution in [0.4, 0.5) is 0 Å². The zero-order valence-electron chi connectivity index (χ0n) is 30.4. The number of ketones is 3. The van der Waals surface area contributed by atoms with Gasteiger partial charge < -0.3 is 37.9 Å². The quantitative estimate of drug-likeness (QED) is 0.0454. The average Bonchev–Trinajstić information content (AvgIpc) is 3.12. The Morgan fingerprint density at radius 3 is 1.82 bits per heavy atom. The Morgan fingerprint density at radius 2 is 1.27 bits per heavy atom. The van der Waals surface area contributed by atoms with E-state index in [1.807, 2.05) is 12.1 Å². The van der Waals surface area contributed by atoms with Crippen LogP contribution in [0.2, 0.25) is 5.82 Å². The molecule has 280 valence electrons. The van der Waals surface area contributed by atoms with E-state index in [0.717, 1.165) is 30.4 Å². The van der Waals surface area contributed by atoms with Crippen LogP contribution in [-0.4, -0.2) is 78.0 Å². The number of amides is 2. The summed E-state index contributed by atoms with van der Waals surface area (Å²) in [5.74, 6) is -4.55. The number of hydrogen-bond donors (Lipinski definition) is 7. The van der Waals surface area contributed by atoms with Crippen LogP contribution in [0, 0.1) is 11.8 Å². The SMILES string of the molecule is CCCCc1ccc(-c2ccc(C(=O)C[C@@H](CN)C(=O)N[C@@H](CCN)C(=O)C[C@@H](C)C(=O)N[C@@H](CCCCN)C(=O)C[C@@H](C)B(O)O)cc2)cc1. The second-order valence-corrected chi connectivity index (χ2v) is 13.6. The zero-order valence-corrected chi connectivity index (χ0v) is 30.4. The Kier molecular flexibility index (Phi) is 19.5. The van der Waals surface area contributed by atoms with Crippen molar-refractivity contribution in [1.29, 1.82) is 0 Å². The maximum Gasteiger partial charge on any atom is 0.454 e. The Bertz CT molecular complexity index is 1400. The van der Waals surface area contributed by atoms with Gasteiger partial charge >= 0.3 is 7.12 Å². The zero-order chi connectivity index (χ0) is 37.9. The highest BCUT2D eigenvalue weighted by Gasteiger charge is 2.31. The number of nitrogens with one attached hydrogen (secondary N) is 2. The predicted molar refractivity (Wildman–Crippen MR) is 200 cm³/mol. The fourth-order valence-electron chi connectivity index (χ4n) is 5.71. The summed E-state index contributed by atoms with van der Waals surface area (Å²) in [5.41, 5.74) is 21.0. The monoisotopic (exact) mass is 707 g/mol. The molecule has 0 saturated heterocycles. The van der Waals surface area contributed by atoms with Crippen LogP contribution in [0.5, 0.6) is 0 Å².